The number of hydrogen-bond acceptors (Lipinski definition) is 2. The first-order valence-electron chi connectivity index (χ1n) is 6.16. The molecule has 2 bridgehead atoms. The third kappa shape index (κ3) is 1.80. The van der Waals surface area contributed by atoms with Crippen molar-refractivity contribution in [3.63, 3.8) is 0 Å². The molecule has 0 N–H and O–H groups in total. The summed E-state index contributed by atoms with van der Waals surface area (Å²) in [6.07, 6.45) is 7.43. The zero-order valence-corrected chi connectivity index (χ0v) is 11.3. The maximum absolute atomic E-state index is 11.9. The van der Waals surface area contributed by atoms with Gasteiger partial charge in [0.15, 0.2) is 0 Å². The molecule has 2 nitrogen and oxygen atoms in total. The SMILES string of the molecule is CC1(C(=O)OCC2CC3C=CC2C3)CC1(Cl)Cl. The van der Waals surface area contributed by atoms with Crippen LogP contribution in [0.2, 0.25) is 0 Å². The average Bonchev–Trinajstić information content (AvgIpc) is 2.69. The van der Waals surface area contributed by atoms with Crippen LogP contribution in [-0.4, -0.2) is 16.9 Å². The Balaban J connectivity index is 1.53. The molecule has 4 unspecified atom stereocenters. The number of halogens is 2. The molecule has 4 atom stereocenters. The molecule has 17 heavy (non-hydrogen) atoms. The van der Waals surface area contributed by atoms with Gasteiger partial charge in [-0.2, -0.15) is 0 Å². The second-order valence-corrected chi connectivity index (χ2v) is 7.34. The molecular weight excluding hydrogens is 259 g/mol. The summed E-state index contributed by atoms with van der Waals surface area (Å²) in [5.41, 5.74) is -0.691. The third-order valence-electron chi connectivity index (χ3n) is 4.55. The molecule has 0 aromatic heterocycles. The van der Waals surface area contributed by atoms with Crippen molar-refractivity contribution >= 4 is 29.2 Å². The molecule has 0 aliphatic heterocycles. The Kier molecular flexibility index (Phi) is 2.54. The third-order valence-corrected chi connectivity index (χ3v) is 5.65. The summed E-state index contributed by atoms with van der Waals surface area (Å²) in [6, 6.07) is 0. The van der Waals surface area contributed by atoms with Crippen molar-refractivity contribution in [1.82, 2.24) is 0 Å². The fraction of sp³-hybridized carbons (Fsp3) is 0.769. The van der Waals surface area contributed by atoms with Crippen molar-refractivity contribution in [2.24, 2.45) is 23.2 Å². The van der Waals surface area contributed by atoms with Crippen molar-refractivity contribution in [2.75, 3.05) is 6.61 Å². The minimum Gasteiger partial charge on any atom is -0.465 e. The maximum atomic E-state index is 11.9. The highest BCUT2D eigenvalue weighted by molar-refractivity contribution is 6.53. The lowest BCUT2D eigenvalue weighted by atomic mass is 9.94. The monoisotopic (exact) mass is 274 g/mol. The van der Waals surface area contributed by atoms with Gasteiger partial charge in [-0.15, -0.1) is 23.2 Å². The van der Waals surface area contributed by atoms with E-state index in [-0.39, 0.29) is 5.97 Å². The Labute approximate surface area is 111 Å². The second-order valence-electron chi connectivity index (χ2n) is 5.85. The summed E-state index contributed by atoms with van der Waals surface area (Å²) in [5.74, 6) is 1.57. The Hall–Kier alpha value is -0.210. The van der Waals surface area contributed by atoms with Crippen molar-refractivity contribution in [3.8, 4) is 0 Å². The molecule has 0 amide bonds. The highest BCUT2D eigenvalue weighted by Crippen LogP contribution is 2.64. The lowest BCUT2D eigenvalue weighted by Gasteiger charge is -2.19. The van der Waals surface area contributed by atoms with Gasteiger partial charge in [-0.25, -0.2) is 0 Å². The first kappa shape index (κ1) is 11.9. The Morgan fingerprint density at radius 1 is 1.41 bits per heavy atom. The van der Waals surface area contributed by atoms with E-state index in [1.165, 1.54) is 6.42 Å². The maximum Gasteiger partial charge on any atom is 0.314 e. The van der Waals surface area contributed by atoms with E-state index < -0.39 is 9.75 Å². The second kappa shape index (κ2) is 3.64. The largest absolute Gasteiger partial charge is 0.465 e. The van der Waals surface area contributed by atoms with Crippen molar-refractivity contribution in [3.05, 3.63) is 12.2 Å². The molecule has 4 heteroatoms. The van der Waals surface area contributed by atoms with E-state index in [0.29, 0.717) is 30.8 Å². The van der Waals surface area contributed by atoms with E-state index in [4.69, 9.17) is 27.9 Å². The summed E-state index contributed by atoms with van der Waals surface area (Å²) >= 11 is 11.9. The smallest absolute Gasteiger partial charge is 0.314 e. The van der Waals surface area contributed by atoms with Crippen LogP contribution in [-0.2, 0) is 9.53 Å². The Morgan fingerprint density at radius 3 is 2.59 bits per heavy atom. The summed E-state index contributed by atoms with van der Waals surface area (Å²) < 4.78 is 4.48. The topological polar surface area (TPSA) is 26.3 Å². The number of ether oxygens (including phenoxy) is 1. The van der Waals surface area contributed by atoms with Crippen LogP contribution in [0.4, 0.5) is 0 Å². The van der Waals surface area contributed by atoms with E-state index in [1.807, 2.05) is 0 Å². The number of esters is 1. The lowest BCUT2D eigenvalue weighted by molar-refractivity contribution is -0.151. The first-order chi connectivity index (χ1) is 7.92. The standard InChI is InChI=1S/C13H16Cl2O2/c1-12(7-13(12,14)15)11(16)17-6-10-5-8-2-3-9(10)4-8/h2-3,8-10H,4-7H2,1H3. The average molecular weight is 275 g/mol. The molecule has 3 rings (SSSR count). The predicted octanol–water partition coefficient (Wildman–Crippen LogP) is 3.33. The van der Waals surface area contributed by atoms with Gasteiger partial charge in [0.25, 0.3) is 0 Å². The number of fused-ring (bicyclic) bond motifs is 2. The number of allylic oxidation sites excluding steroid dienone is 2. The van der Waals surface area contributed by atoms with Crippen LogP contribution < -0.4 is 0 Å². The van der Waals surface area contributed by atoms with Crippen molar-refractivity contribution in [1.29, 1.82) is 0 Å². The Morgan fingerprint density at radius 2 is 2.12 bits per heavy atom. The van der Waals surface area contributed by atoms with Crippen LogP contribution in [0.3, 0.4) is 0 Å². The van der Waals surface area contributed by atoms with E-state index in [0.717, 1.165) is 6.42 Å². The summed E-state index contributed by atoms with van der Waals surface area (Å²) in [5, 5.41) is 0. The van der Waals surface area contributed by atoms with Crippen molar-refractivity contribution < 1.29 is 9.53 Å². The molecule has 3 aliphatic carbocycles. The molecule has 2 saturated carbocycles. The van der Waals surface area contributed by atoms with E-state index in [2.05, 4.69) is 12.2 Å². The van der Waals surface area contributed by atoms with Gasteiger partial charge in [-0.05, 0) is 37.5 Å². The predicted molar refractivity (Wildman–Crippen MR) is 67.0 cm³/mol. The van der Waals surface area contributed by atoms with E-state index >= 15 is 0 Å². The lowest BCUT2D eigenvalue weighted by Crippen LogP contribution is -2.25. The molecule has 3 aliphatic rings. The van der Waals surface area contributed by atoms with Crippen LogP contribution in [0, 0.1) is 23.2 Å². The van der Waals surface area contributed by atoms with Gasteiger partial charge in [0.1, 0.15) is 9.75 Å². The van der Waals surface area contributed by atoms with E-state index in [1.54, 1.807) is 6.92 Å². The molecule has 0 radical (unpaired) electrons. The van der Waals surface area contributed by atoms with Crippen LogP contribution in [0.1, 0.15) is 26.2 Å². The van der Waals surface area contributed by atoms with Gasteiger partial charge < -0.3 is 4.74 Å². The van der Waals surface area contributed by atoms with Gasteiger partial charge in [-0.1, -0.05) is 12.2 Å². The Bertz CT molecular complexity index is 391. The molecule has 94 valence electrons. The zero-order chi connectivity index (χ0) is 12.3. The van der Waals surface area contributed by atoms with Crippen molar-refractivity contribution in [2.45, 2.75) is 30.5 Å². The molecular formula is C13H16Cl2O2. The van der Waals surface area contributed by atoms with Crippen LogP contribution >= 0.6 is 23.2 Å². The van der Waals surface area contributed by atoms with Crippen LogP contribution in [0.5, 0.6) is 0 Å². The van der Waals surface area contributed by atoms with Crippen LogP contribution in [0.15, 0.2) is 12.2 Å². The summed E-state index contributed by atoms with van der Waals surface area (Å²) in [7, 11) is 0. The quantitative estimate of drug-likeness (QED) is 0.448. The number of carbonyl (C=O) groups is 1. The first-order valence-corrected chi connectivity index (χ1v) is 6.91. The number of alkyl halides is 2. The normalized spacial score (nSPS) is 45.0. The van der Waals surface area contributed by atoms with Gasteiger partial charge >= 0.3 is 5.97 Å². The molecule has 2 fully saturated rings. The molecule has 0 spiro atoms. The minimum atomic E-state index is -0.918. The highest BCUT2D eigenvalue weighted by Gasteiger charge is 2.69. The fourth-order valence-corrected chi connectivity index (χ4v) is 3.74. The zero-order valence-electron chi connectivity index (χ0n) is 9.79. The minimum absolute atomic E-state index is 0.241. The molecule has 0 saturated heterocycles. The number of hydrogen-bond donors (Lipinski definition) is 0. The number of carbonyl (C=O) groups excluding carboxylic acids is 1. The molecule has 0 heterocycles. The van der Waals surface area contributed by atoms with E-state index in [9.17, 15) is 4.79 Å². The summed E-state index contributed by atoms with van der Waals surface area (Å²) in [4.78, 5) is 11.9. The van der Waals surface area contributed by atoms with Gasteiger partial charge in [0.05, 0.1) is 6.61 Å². The fourth-order valence-electron chi connectivity index (χ4n) is 3.05. The van der Waals surface area contributed by atoms with Crippen LogP contribution in [0.25, 0.3) is 0 Å². The van der Waals surface area contributed by atoms with Gasteiger partial charge in [-0.3, -0.25) is 4.79 Å². The number of rotatable bonds is 3. The van der Waals surface area contributed by atoms with Gasteiger partial charge in [0.2, 0.25) is 0 Å². The molecule has 0 aromatic carbocycles. The highest BCUT2D eigenvalue weighted by atomic mass is 35.5. The summed E-state index contributed by atoms with van der Waals surface area (Å²) in [6.45, 7) is 2.29. The van der Waals surface area contributed by atoms with Gasteiger partial charge in [0, 0.05) is 6.42 Å². The molecule has 0 aromatic rings.